The van der Waals surface area contributed by atoms with E-state index in [1.54, 1.807) is 0 Å². The first kappa shape index (κ1) is 15.9. The van der Waals surface area contributed by atoms with Gasteiger partial charge in [0.2, 0.25) is 0 Å². The molecule has 25 heavy (non-hydrogen) atoms. The molecule has 4 rings (SSSR count). The molecule has 1 nitrogen and oxygen atoms in total. The third-order valence-corrected chi connectivity index (χ3v) is 5.00. The maximum absolute atomic E-state index is 6.56. The highest BCUT2D eigenvalue weighted by Gasteiger charge is 2.44. The molecule has 1 atom stereocenters. The Morgan fingerprint density at radius 3 is 2.56 bits per heavy atom. The van der Waals surface area contributed by atoms with Gasteiger partial charge in [0.25, 0.3) is 0 Å². The molecule has 0 amide bonds. The number of rotatable bonds is 4. The van der Waals surface area contributed by atoms with E-state index >= 15 is 0 Å². The Morgan fingerprint density at radius 1 is 0.920 bits per heavy atom. The van der Waals surface area contributed by atoms with Gasteiger partial charge in [-0.2, -0.15) is 0 Å². The average Bonchev–Trinajstić information content (AvgIpc) is 2.93. The quantitative estimate of drug-likeness (QED) is 0.428. The fraction of sp³-hybridized carbons (Fsp3) is 0.250. The van der Waals surface area contributed by atoms with Crippen molar-refractivity contribution in [2.45, 2.75) is 32.3 Å². The van der Waals surface area contributed by atoms with E-state index in [0.29, 0.717) is 6.61 Å². The summed E-state index contributed by atoms with van der Waals surface area (Å²) in [6, 6.07) is 21.5. The summed E-state index contributed by atoms with van der Waals surface area (Å²) in [7, 11) is 0. The zero-order valence-electron chi connectivity index (χ0n) is 14.8. The summed E-state index contributed by atoms with van der Waals surface area (Å²) >= 11 is 0. The minimum Gasteiger partial charge on any atom is -0.354 e. The van der Waals surface area contributed by atoms with Crippen molar-refractivity contribution in [1.82, 2.24) is 0 Å². The van der Waals surface area contributed by atoms with Gasteiger partial charge in [0.1, 0.15) is 0 Å². The van der Waals surface area contributed by atoms with Crippen LogP contribution in [0.5, 0.6) is 0 Å². The van der Waals surface area contributed by atoms with Crippen LogP contribution in [0.2, 0.25) is 0 Å². The summed E-state index contributed by atoms with van der Waals surface area (Å²) in [5.41, 5.74) is 4.19. The second-order valence-corrected chi connectivity index (χ2v) is 6.51. The fourth-order valence-electron chi connectivity index (χ4n) is 3.90. The molecular formula is C24H22O. The van der Waals surface area contributed by atoms with Gasteiger partial charge in [-0.15, -0.1) is 5.92 Å². The van der Waals surface area contributed by atoms with Crippen LogP contribution in [0.3, 0.4) is 0 Å². The number of hydrogen-bond acceptors (Lipinski definition) is 1. The van der Waals surface area contributed by atoms with Crippen molar-refractivity contribution in [2.75, 3.05) is 6.61 Å². The van der Waals surface area contributed by atoms with E-state index in [0.717, 1.165) is 12.8 Å². The predicted molar refractivity (Wildman–Crippen MR) is 104 cm³/mol. The molecule has 1 heteroatoms. The Hall–Kier alpha value is -2.56. The molecule has 0 spiro atoms. The first-order chi connectivity index (χ1) is 12.3. The van der Waals surface area contributed by atoms with Crippen molar-refractivity contribution in [1.29, 1.82) is 0 Å². The van der Waals surface area contributed by atoms with E-state index in [-0.39, 0.29) is 0 Å². The molecule has 3 aromatic rings. The van der Waals surface area contributed by atoms with Crippen LogP contribution in [0.4, 0.5) is 0 Å². The summed E-state index contributed by atoms with van der Waals surface area (Å²) in [5, 5.41) is 2.46. The molecule has 0 fully saturated rings. The van der Waals surface area contributed by atoms with Gasteiger partial charge in [-0.05, 0) is 35.2 Å². The number of benzene rings is 3. The maximum atomic E-state index is 6.56. The summed E-state index contributed by atoms with van der Waals surface area (Å²) in [6.45, 7) is 4.80. The fourth-order valence-corrected chi connectivity index (χ4v) is 3.90. The number of ether oxygens (including phenoxy) is 1. The van der Waals surface area contributed by atoms with E-state index in [2.05, 4.69) is 79.4 Å². The lowest BCUT2D eigenvalue weighted by molar-refractivity contribution is 0.0288. The SMILES string of the molecule is CC#CC1(OCCCC)c2ccccc2-c2ccc3ccccc3c21. The zero-order chi connectivity index (χ0) is 17.3. The average molecular weight is 326 g/mol. The van der Waals surface area contributed by atoms with Crippen LogP contribution in [-0.2, 0) is 10.3 Å². The molecule has 1 aliphatic rings. The van der Waals surface area contributed by atoms with Crippen LogP contribution in [0.1, 0.15) is 37.8 Å². The molecule has 0 aliphatic heterocycles. The van der Waals surface area contributed by atoms with Crippen LogP contribution >= 0.6 is 0 Å². The Labute approximate surface area is 149 Å². The molecule has 3 aromatic carbocycles. The molecule has 1 unspecified atom stereocenters. The first-order valence-corrected chi connectivity index (χ1v) is 9.02. The van der Waals surface area contributed by atoms with E-state index in [9.17, 15) is 0 Å². The largest absolute Gasteiger partial charge is 0.354 e. The number of fused-ring (bicyclic) bond motifs is 5. The highest BCUT2D eigenvalue weighted by Crippen LogP contribution is 2.52. The van der Waals surface area contributed by atoms with Gasteiger partial charge in [0.15, 0.2) is 5.60 Å². The Bertz CT molecular complexity index is 990. The molecule has 0 saturated heterocycles. The first-order valence-electron chi connectivity index (χ1n) is 9.02. The summed E-state index contributed by atoms with van der Waals surface area (Å²) < 4.78 is 6.56. The third-order valence-electron chi connectivity index (χ3n) is 5.00. The molecular weight excluding hydrogens is 304 g/mol. The molecule has 124 valence electrons. The van der Waals surface area contributed by atoms with Gasteiger partial charge >= 0.3 is 0 Å². The Kier molecular flexibility index (Phi) is 4.07. The minimum absolute atomic E-state index is 0.670. The highest BCUT2D eigenvalue weighted by molar-refractivity contribution is 5.98. The summed E-state index contributed by atoms with van der Waals surface area (Å²) in [6.07, 6.45) is 2.15. The van der Waals surface area contributed by atoms with Crippen molar-refractivity contribution in [2.24, 2.45) is 0 Å². The van der Waals surface area contributed by atoms with Crippen molar-refractivity contribution in [3.8, 4) is 23.0 Å². The molecule has 0 aromatic heterocycles. The Morgan fingerprint density at radius 2 is 1.72 bits per heavy atom. The summed E-state index contributed by atoms with van der Waals surface area (Å²) in [4.78, 5) is 0. The molecule has 0 N–H and O–H groups in total. The van der Waals surface area contributed by atoms with Crippen molar-refractivity contribution in [3.63, 3.8) is 0 Å². The van der Waals surface area contributed by atoms with Gasteiger partial charge in [-0.1, -0.05) is 79.9 Å². The topological polar surface area (TPSA) is 9.23 Å². The smallest absolute Gasteiger partial charge is 0.181 e. The molecule has 1 aliphatic carbocycles. The van der Waals surface area contributed by atoms with Gasteiger partial charge < -0.3 is 4.74 Å². The minimum atomic E-state index is -0.670. The Balaban J connectivity index is 2.06. The van der Waals surface area contributed by atoms with E-state index in [4.69, 9.17) is 4.74 Å². The zero-order valence-corrected chi connectivity index (χ0v) is 14.8. The lowest BCUT2D eigenvalue weighted by atomic mass is 9.88. The van der Waals surface area contributed by atoms with Gasteiger partial charge in [-0.3, -0.25) is 0 Å². The van der Waals surface area contributed by atoms with Crippen LogP contribution in [0.25, 0.3) is 21.9 Å². The lowest BCUT2D eigenvalue weighted by Crippen LogP contribution is -2.28. The molecule has 0 saturated carbocycles. The van der Waals surface area contributed by atoms with Crippen molar-refractivity contribution >= 4 is 10.8 Å². The highest BCUT2D eigenvalue weighted by atomic mass is 16.5. The van der Waals surface area contributed by atoms with Gasteiger partial charge in [-0.25, -0.2) is 0 Å². The summed E-state index contributed by atoms with van der Waals surface area (Å²) in [5.74, 6) is 6.60. The molecule has 0 radical (unpaired) electrons. The van der Waals surface area contributed by atoms with Crippen LogP contribution in [0.15, 0.2) is 60.7 Å². The molecule has 0 heterocycles. The predicted octanol–water partition coefficient (Wildman–Crippen LogP) is 5.90. The standard InChI is InChI=1S/C24H22O/c1-3-5-17-25-24(16-4-2)22-13-9-8-12-20(22)21-15-14-18-10-6-7-11-19(18)23(21)24/h6-15H,3,5,17H2,1-2H3. The van der Waals surface area contributed by atoms with Crippen LogP contribution in [-0.4, -0.2) is 6.61 Å². The van der Waals surface area contributed by atoms with Crippen molar-refractivity contribution in [3.05, 3.63) is 71.8 Å². The number of unbranched alkanes of at least 4 members (excludes halogenated alkanes) is 1. The lowest BCUT2D eigenvalue weighted by Gasteiger charge is -2.28. The van der Waals surface area contributed by atoms with Crippen LogP contribution in [0, 0.1) is 11.8 Å². The number of hydrogen-bond donors (Lipinski definition) is 0. The molecule has 0 bridgehead atoms. The third kappa shape index (κ3) is 2.37. The maximum Gasteiger partial charge on any atom is 0.181 e. The van der Waals surface area contributed by atoms with E-state index in [1.165, 1.54) is 33.0 Å². The normalized spacial score (nSPS) is 17.7. The van der Waals surface area contributed by atoms with E-state index < -0.39 is 5.60 Å². The van der Waals surface area contributed by atoms with Crippen molar-refractivity contribution < 1.29 is 4.74 Å². The van der Waals surface area contributed by atoms with Gasteiger partial charge in [0, 0.05) is 17.7 Å². The van der Waals surface area contributed by atoms with E-state index in [1.807, 2.05) is 6.92 Å². The monoisotopic (exact) mass is 326 g/mol. The van der Waals surface area contributed by atoms with Gasteiger partial charge in [0.05, 0.1) is 0 Å². The van der Waals surface area contributed by atoms with Crippen LogP contribution < -0.4 is 0 Å². The second kappa shape index (κ2) is 6.39. The second-order valence-electron chi connectivity index (χ2n) is 6.51.